The van der Waals surface area contributed by atoms with Crippen molar-refractivity contribution in [3.8, 4) is 0 Å². The van der Waals surface area contributed by atoms with Crippen molar-refractivity contribution in [1.29, 1.82) is 0 Å². The Hall–Kier alpha value is -0.160. The Morgan fingerprint density at radius 2 is 2.33 bits per heavy atom. The van der Waals surface area contributed by atoms with Crippen LogP contribution in [0.2, 0.25) is 0 Å². The van der Waals surface area contributed by atoms with Crippen LogP contribution in [0.15, 0.2) is 0 Å². The van der Waals surface area contributed by atoms with E-state index in [0.717, 1.165) is 45.7 Å². The van der Waals surface area contributed by atoms with Crippen LogP contribution in [0.1, 0.15) is 32.6 Å². The lowest BCUT2D eigenvalue weighted by atomic mass is 10.0. The topological polar surface area (TPSA) is 44.7 Å². The lowest BCUT2D eigenvalue weighted by Gasteiger charge is -2.30. The number of ether oxygens (including phenoxy) is 1. The second-order valence-electron chi connectivity index (χ2n) is 5.47. The van der Waals surface area contributed by atoms with E-state index in [2.05, 4.69) is 24.2 Å². The highest BCUT2D eigenvalue weighted by Gasteiger charge is 2.17. The molecule has 2 unspecified atom stereocenters. The zero-order valence-corrected chi connectivity index (χ0v) is 12.0. The third-order valence-corrected chi connectivity index (χ3v) is 3.52. The number of nitrogens with zero attached hydrogens (tertiary/aromatic N) is 1. The van der Waals surface area contributed by atoms with Gasteiger partial charge in [0, 0.05) is 32.3 Å². The number of hydrogen-bond donors (Lipinski definition) is 2. The maximum absolute atomic E-state index is 9.09. The summed E-state index contributed by atoms with van der Waals surface area (Å²) >= 11 is 0. The molecule has 18 heavy (non-hydrogen) atoms. The lowest BCUT2D eigenvalue weighted by molar-refractivity contribution is 0.0405. The van der Waals surface area contributed by atoms with Crippen LogP contribution in [0.3, 0.4) is 0 Å². The van der Waals surface area contributed by atoms with Crippen molar-refractivity contribution >= 4 is 0 Å². The number of likely N-dealkylation sites (N-methyl/N-ethyl adjacent to an activating group) is 1. The average Bonchev–Trinajstić information content (AvgIpc) is 2.37. The molecule has 108 valence electrons. The smallest absolute Gasteiger partial charge is 0.0506 e. The monoisotopic (exact) mass is 258 g/mol. The molecule has 4 nitrogen and oxygen atoms in total. The Morgan fingerprint density at radius 1 is 1.50 bits per heavy atom. The van der Waals surface area contributed by atoms with Crippen LogP contribution in [0.25, 0.3) is 0 Å². The molecule has 0 spiro atoms. The van der Waals surface area contributed by atoms with Gasteiger partial charge >= 0.3 is 0 Å². The van der Waals surface area contributed by atoms with E-state index in [0.29, 0.717) is 12.0 Å². The number of hydrogen-bond acceptors (Lipinski definition) is 4. The first-order valence-corrected chi connectivity index (χ1v) is 7.36. The molecule has 2 N–H and O–H groups in total. The summed E-state index contributed by atoms with van der Waals surface area (Å²) in [6, 6.07) is 0.407. The molecule has 1 rings (SSSR count). The summed E-state index contributed by atoms with van der Waals surface area (Å²) in [5.41, 5.74) is 0. The molecular weight excluding hydrogens is 228 g/mol. The first-order valence-electron chi connectivity index (χ1n) is 7.36. The van der Waals surface area contributed by atoms with Crippen LogP contribution in [-0.2, 0) is 4.74 Å². The standard InChI is InChI=1S/C14H30N2O2/c1-3-7-15-14(6-8-17)11-16(2)10-13-5-4-9-18-12-13/h13-15,17H,3-12H2,1-2H3. The van der Waals surface area contributed by atoms with Gasteiger partial charge in [0.05, 0.1) is 6.61 Å². The zero-order valence-electron chi connectivity index (χ0n) is 12.0. The summed E-state index contributed by atoms with van der Waals surface area (Å²) in [6.45, 7) is 7.44. The van der Waals surface area contributed by atoms with Crippen molar-refractivity contribution in [3.63, 3.8) is 0 Å². The summed E-state index contributed by atoms with van der Waals surface area (Å²) in [6.07, 6.45) is 4.47. The van der Waals surface area contributed by atoms with Gasteiger partial charge in [-0.3, -0.25) is 0 Å². The molecular formula is C14H30N2O2. The lowest BCUT2D eigenvalue weighted by Crippen LogP contribution is -2.42. The maximum atomic E-state index is 9.09. The van der Waals surface area contributed by atoms with Gasteiger partial charge in [-0.25, -0.2) is 0 Å². The van der Waals surface area contributed by atoms with Crippen molar-refractivity contribution < 1.29 is 9.84 Å². The van der Waals surface area contributed by atoms with Crippen molar-refractivity contribution in [2.45, 2.75) is 38.6 Å². The SMILES string of the molecule is CCCNC(CCO)CN(C)CC1CCCOC1. The largest absolute Gasteiger partial charge is 0.396 e. The van der Waals surface area contributed by atoms with Crippen molar-refractivity contribution in [2.75, 3.05) is 46.5 Å². The molecule has 0 radical (unpaired) electrons. The fourth-order valence-corrected chi connectivity index (χ4v) is 2.61. The van der Waals surface area contributed by atoms with Crippen LogP contribution in [0.4, 0.5) is 0 Å². The molecule has 0 aromatic heterocycles. The number of aliphatic hydroxyl groups is 1. The second kappa shape index (κ2) is 9.73. The van der Waals surface area contributed by atoms with E-state index in [1.807, 2.05) is 0 Å². The Morgan fingerprint density at radius 3 is 2.94 bits per heavy atom. The number of rotatable bonds is 9. The third kappa shape index (κ3) is 6.69. The van der Waals surface area contributed by atoms with Crippen molar-refractivity contribution in [2.24, 2.45) is 5.92 Å². The minimum absolute atomic E-state index is 0.266. The van der Waals surface area contributed by atoms with E-state index in [1.54, 1.807) is 0 Å². The summed E-state index contributed by atoms with van der Waals surface area (Å²) < 4.78 is 5.52. The van der Waals surface area contributed by atoms with Gasteiger partial charge in [-0.2, -0.15) is 0 Å². The number of aliphatic hydroxyl groups excluding tert-OH is 1. The molecule has 0 saturated carbocycles. The van der Waals surface area contributed by atoms with Crippen LogP contribution < -0.4 is 5.32 Å². The molecule has 0 aromatic carbocycles. The summed E-state index contributed by atoms with van der Waals surface area (Å²) in [5, 5.41) is 12.6. The predicted octanol–water partition coefficient (Wildman–Crippen LogP) is 1.10. The van der Waals surface area contributed by atoms with E-state index in [-0.39, 0.29) is 6.61 Å². The van der Waals surface area contributed by atoms with Gasteiger partial charge in [0.25, 0.3) is 0 Å². The highest BCUT2D eigenvalue weighted by molar-refractivity contribution is 4.73. The van der Waals surface area contributed by atoms with Crippen LogP contribution in [0.5, 0.6) is 0 Å². The van der Waals surface area contributed by atoms with Gasteiger partial charge in [-0.15, -0.1) is 0 Å². The van der Waals surface area contributed by atoms with Crippen LogP contribution in [-0.4, -0.2) is 62.6 Å². The predicted molar refractivity (Wildman–Crippen MR) is 74.8 cm³/mol. The summed E-state index contributed by atoms with van der Waals surface area (Å²) in [5.74, 6) is 0.685. The normalized spacial score (nSPS) is 22.3. The van der Waals surface area contributed by atoms with Gasteiger partial charge < -0.3 is 20.1 Å². The number of nitrogens with one attached hydrogen (secondary N) is 1. The highest BCUT2D eigenvalue weighted by Crippen LogP contribution is 2.14. The van der Waals surface area contributed by atoms with Gasteiger partial charge in [0.2, 0.25) is 0 Å². The molecule has 1 aliphatic heterocycles. The van der Waals surface area contributed by atoms with E-state index in [9.17, 15) is 0 Å². The Bertz CT molecular complexity index is 196. The summed E-state index contributed by atoms with van der Waals surface area (Å²) in [4.78, 5) is 2.38. The van der Waals surface area contributed by atoms with Gasteiger partial charge in [-0.05, 0) is 45.2 Å². The van der Waals surface area contributed by atoms with Crippen LogP contribution in [0, 0.1) is 5.92 Å². The van der Waals surface area contributed by atoms with E-state index in [4.69, 9.17) is 9.84 Å². The molecule has 1 fully saturated rings. The minimum Gasteiger partial charge on any atom is -0.396 e. The fourth-order valence-electron chi connectivity index (χ4n) is 2.61. The quantitative estimate of drug-likeness (QED) is 0.650. The van der Waals surface area contributed by atoms with Crippen molar-refractivity contribution in [3.05, 3.63) is 0 Å². The molecule has 0 aromatic rings. The summed E-state index contributed by atoms with van der Waals surface area (Å²) in [7, 11) is 2.17. The zero-order chi connectivity index (χ0) is 13.2. The molecule has 1 heterocycles. The van der Waals surface area contributed by atoms with Gasteiger partial charge in [0.1, 0.15) is 0 Å². The molecule has 4 heteroatoms. The Labute approximate surface area is 112 Å². The average molecular weight is 258 g/mol. The molecule has 0 aliphatic carbocycles. The maximum Gasteiger partial charge on any atom is 0.0506 e. The Balaban J connectivity index is 2.23. The van der Waals surface area contributed by atoms with E-state index >= 15 is 0 Å². The van der Waals surface area contributed by atoms with E-state index < -0.39 is 0 Å². The van der Waals surface area contributed by atoms with Gasteiger partial charge in [0.15, 0.2) is 0 Å². The molecule has 1 saturated heterocycles. The minimum atomic E-state index is 0.266. The molecule has 2 atom stereocenters. The van der Waals surface area contributed by atoms with E-state index in [1.165, 1.54) is 12.8 Å². The van der Waals surface area contributed by atoms with Gasteiger partial charge in [-0.1, -0.05) is 6.92 Å². The van der Waals surface area contributed by atoms with Crippen LogP contribution >= 0.6 is 0 Å². The molecule has 0 bridgehead atoms. The fraction of sp³-hybridized carbons (Fsp3) is 1.00. The molecule has 0 amide bonds. The second-order valence-corrected chi connectivity index (χ2v) is 5.47. The van der Waals surface area contributed by atoms with Crippen molar-refractivity contribution in [1.82, 2.24) is 10.2 Å². The molecule has 1 aliphatic rings. The first-order chi connectivity index (χ1) is 8.76. The highest BCUT2D eigenvalue weighted by atomic mass is 16.5. The Kier molecular flexibility index (Phi) is 8.59. The first kappa shape index (κ1) is 15.9. The third-order valence-electron chi connectivity index (χ3n) is 3.52.